The first kappa shape index (κ1) is 19.3. The molecule has 3 unspecified atom stereocenters. The summed E-state index contributed by atoms with van der Waals surface area (Å²) >= 11 is 0. The summed E-state index contributed by atoms with van der Waals surface area (Å²) in [5.41, 5.74) is 1.01. The Morgan fingerprint density at radius 1 is 1.31 bits per heavy atom. The van der Waals surface area contributed by atoms with Crippen molar-refractivity contribution in [3.8, 4) is 0 Å². The van der Waals surface area contributed by atoms with Gasteiger partial charge >= 0.3 is 0 Å². The highest BCUT2D eigenvalue weighted by atomic mass is 32.2. The standard InChI is InChI=1S/C17H29N5O3S/c1-11-9-18-7-6-15(11)19-17(23)14-5-4-8-22(10-14)26(24,25)16-12(2)20-21-13(16)3/h11,14-15,18H,4-10H2,1-3H3,(H,19,23)(H,20,21). The van der Waals surface area contributed by atoms with Gasteiger partial charge in [-0.05, 0) is 52.1 Å². The summed E-state index contributed by atoms with van der Waals surface area (Å²) < 4.78 is 27.5. The lowest BCUT2D eigenvalue weighted by molar-refractivity contribution is -0.127. The van der Waals surface area contributed by atoms with E-state index in [-0.39, 0.29) is 29.3 Å². The van der Waals surface area contributed by atoms with E-state index in [0.717, 1.165) is 25.9 Å². The summed E-state index contributed by atoms with van der Waals surface area (Å²) in [5, 5.41) is 13.2. The molecule has 9 heteroatoms. The van der Waals surface area contributed by atoms with Crippen LogP contribution in [0, 0.1) is 25.7 Å². The Balaban J connectivity index is 1.70. The van der Waals surface area contributed by atoms with Crippen LogP contribution in [-0.4, -0.2) is 61.0 Å². The van der Waals surface area contributed by atoms with Gasteiger partial charge in [0.1, 0.15) is 4.90 Å². The number of H-pyrrole nitrogens is 1. The van der Waals surface area contributed by atoms with E-state index in [1.54, 1.807) is 13.8 Å². The zero-order valence-corrected chi connectivity index (χ0v) is 16.5. The molecule has 26 heavy (non-hydrogen) atoms. The maximum Gasteiger partial charge on any atom is 0.246 e. The second kappa shape index (κ2) is 7.66. The largest absolute Gasteiger partial charge is 0.353 e. The third-order valence-corrected chi connectivity index (χ3v) is 7.66. The molecule has 0 bridgehead atoms. The highest BCUT2D eigenvalue weighted by molar-refractivity contribution is 7.89. The summed E-state index contributed by atoms with van der Waals surface area (Å²) in [6.45, 7) is 7.99. The summed E-state index contributed by atoms with van der Waals surface area (Å²) in [6, 6.07) is 0.161. The smallest absolute Gasteiger partial charge is 0.246 e. The molecule has 1 aromatic heterocycles. The Morgan fingerprint density at radius 2 is 2.08 bits per heavy atom. The minimum absolute atomic E-state index is 0.0238. The number of carbonyl (C=O) groups excluding carboxylic acids is 1. The van der Waals surface area contributed by atoms with Crippen LogP contribution in [0.25, 0.3) is 0 Å². The van der Waals surface area contributed by atoms with Crippen LogP contribution < -0.4 is 10.6 Å². The molecule has 146 valence electrons. The number of aromatic amines is 1. The van der Waals surface area contributed by atoms with Crippen molar-refractivity contribution in [1.82, 2.24) is 25.1 Å². The number of aromatic nitrogens is 2. The van der Waals surface area contributed by atoms with Gasteiger partial charge in [-0.1, -0.05) is 6.92 Å². The van der Waals surface area contributed by atoms with Gasteiger partial charge in [0, 0.05) is 19.1 Å². The fourth-order valence-corrected chi connectivity index (χ4v) is 5.81. The number of hydrogen-bond acceptors (Lipinski definition) is 5. The predicted octanol–water partition coefficient (Wildman–Crippen LogP) is 0.541. The number of sulfonamides is 1. The van der Waals surface area contributed by atoms with Crippen molar-refractivity contribution < 1.29 is 13.2 Å². The summed E-state index contributed by atoms with van der Waals surface area (Å²) in [6.07, 6.45) is 2.32. The molecular weight excluding hydrogens is 354 g/mol. The normalized spacial score (nSPS) is 28.0. The quantitative estimate of drug-likeness (QED) is 0.703. The number of piperidine rings is 2. The minimum atomic E-state index is -3.64. The van der Waals surface area contributed by atoms with E-state index in [1.807, 2.05) is 0 Å². The van der Waals surface area contributed by atoms with Gasteiger partial charge in [0.15, 0.2) is 0 Å². The van der Waals surface area contributed by atoms with E-state index in [9.17, 15) is 13.2 Å². The Bertz CT molecular complexity index is 741. The highest BCUT2D eigenvalue weighted by Crippen LogP contribution is 2.27. The molecule has 1 aromatic rings. The van der Waals surface area contributed by atoms with E-state index in [4.69, 9.17) is 0 Å². The second-order valence-electron chi connectivity index (χ2n) is 7.55. The number of hydrogen-bond donors (Lipinski definition) is 3. The first-order valence-electron chi connectivity index (χ1n) is 9.33. The predicted molar refractivity (Wildman–Crippen MR) is 98.1 cm³/mol. The molecule has 2 saturated heterocycles. The van der Waals surface area contributed by atoms with Crippen LogP contribution in [0.2, 0.25) is 0 Å². The topological polar surface area (TPSA) is 107 Å². The number of aryl methyl sites for hydroxylation is 2. The van der Waals surface area contributed by atoms with Crippen molar-refractivity contribution in [3.05, 3.63) is 11.4 Å². The Hall–Kier alpha value is -1.45. The monoisotopic (exact) mass is 383 g/mol. The van der Waals surface area contributed by atoms with E-state index in [2.05, 4.69) is 27.8 Å². The van der Waals surface area contributed by atoms with Crippen molar-refractivity contribution in [2.75, 3.05) is 26.2 Å². The lowest BCUT2D eigenvalue weighted by Crippen LogP contribution is -2.52. The molecule has 3 heterocycles. The van der Waals surface area contributed by atoms with Gasteiger partial charge in [-0.2, -0.15) is 9.40 Å². The second-order valence-corrected chi connectivity index (χ2v) is 9.43. The van der Waals surface area contributed by atoms with Gasteiger partial charge in [0.05, 0.1) is 17.3 Å². The van der Waals surface area contributed by atoms with E-state index >= 15 is 0 Å². The molecule has 3 atom stereocenters. The van der Waals surface area contributed by atoms with E-state index in [0.29, 0.717) is 30.3 Å². The van der Waals surface area contributed by atoms with E-state index < -0.39 is 10.0 Å². The Kier molecular flexibility index (Phi) is 5.69. The maximum atomic E-state index is 13.0. The third-order valence-electron chi connectivity index (χ3n) is 5.53. The van der Waals surface area contributed by atoms with Gasteiger partial charge < -0.3 is 10.6 Å². The number of amides is 1. The average Bonchev–Trinajstić information content (AvgIpc) is 2.96. The third kappa shape index (κ3) is 3.79. The number of rotatable bonds is 4. The van der Waals surface area contributed by atoms with Crippen molar-refractivity contribution in [2.24, 2.45) is 11.8 Å². The van der Waals surface area contributed by atoms with Crippen LogP contribution in [0.5, 0.6) is 0 Å². The molecule has 8 nitrogen and oxygen atoms in total. The molecular formula is C17H29N5O3S. The molecule has 3 rings (SSSR count). The van der Waals surface area contributed by atoms with E-state index in [1.165, 1.54) is 4.31 Å². The van der Waals surface area contributed by atoms with Crippen LogP contribution in [0.4, 0.5) is 0 Å². The molecule has 2 fully saturated rings. The van der Waals surface area contributed by atoms with Gasteiger partial charge in [0.25, 0.3) is 0 Å². The van der Waals surface area contributed by atoms with Gasteiger partial charge in [-0.15, -0.1) is 0 Å². The molecule has 0 saturated carbocycles. The molecule has 0 aliphatic carbocycles. The molecule has 0 aromatic carbocycles. The van der Waals surface area contributed by atoms with Crippen LogP contribution in [-0.2, 0) is 14.8 Å². The lowest BCUT2D eigenvalue weighted by Gasteiger charge is -2.34. The molecule has 0 spiro atoms. The van der Waals surface area contributed by atoms with Gasteiger partial charge in [0.2, 0.25) is 15.9 Å². The van der Waals surface area contributed by atoms with Crippen LogP contribution >= 0.6 is 0 Å². The van der Waals surface area contributed by atoms with Gasteiger partial charge in [-0.3, -0.25) is 9.89 Å². The van der Waals surface area contributed by atoms with Crippen molar-refractivity contribution in [2.45, 2.75) is 51.0 Å². The van der Waals surface area contributed by atoms with Crippen molar-refractivity contribution in [3.63, 3.8) is 0 Å². The first-order chi connectivity index (χ1) is 12.3. The summed E-state index contributed by atoms with van der Waals surface area (Å²) in [7, 11) is -3.64. The first-order valence-corrected chi connectivity index (χ1v) is 10.8. The highest BCUT2D eigenvalue weighted by Gasteiger charge is 2.36. The van der Waals surface area contributed by atoms with Crippen LogP contribution in [0.15, 0.2) is 4.90 Å². The summed E-state index contributed by atoms with van der Waals surface area (Å²) in [4.78, 5) is 13.0. The Labute approximate surface area is 155 Å². The van der Waals surface area contributed by atoms with Gasteiger partial charge in [-0.25, -0.2) is 8.42 Å². The fourth-order valence-electron chi connectivity index (χ4n) is 3.95. The van der Waals surface area contributed by atoms with Crippen LogP contribution in [0.1, 0.15) is 37.6 Å². The number of carbonyl (C=O) groups is 1. The number of nitrogens with zero attached hydrogens (tertiary/aromatic N) is 2. The molecule has 1 amide bonds. The molecule has 2 aliphatic heterocycles. The SMILES string of the molecule is Cc1n[nH]c(C)c1S(=O)(=O)N1CCCC(C(=O)NC2CCNCC2C)C1. The summed E-state index contributed by atoms with van der Waals surface area (Å²) in [5.74, 6) is 0.0600. The zero-order chi connectivity index (χ0) is 18.9. The molecule has 3 N–H and O–H groups in total. The zero-order valence-electron chi connectivity index (χ0n) is 15.7. The minimum Gasteiger partial charge on any atom is -0.353 e. The molecule has 0 radical (unpaired) electrons. The van der Waals surface area contributed by atoms with Crippen molar-refractivity contribution >= 4 is 15.9 Å². The van der Waals surface area contributed by atoms with Crippen LogP contribution in [0.3, 0.4) is 0 Å². The Morgan fingerprint density at radius 3 is 2.73 bits per heavy atom. The number of nitrogens with one attached hydrogen (secondary N) is 3. The maximum absolute atomic E-state index is 13.0. The lowest BCUT2D eigenvalue weighted by atomic mass is 9.93. The van der Waals surface area contributed by atoms with Crippen molar-refractivity contribution in [1.29, 1.82) is 0 Å². The average molecular weight is 384 g/mol. The molecule has 2 aliphatic rings. The fraction of sp³-hybridized carbons (Fsp3) is 0.765.